The molecule has 2 saturated heterocycles. The van der Waals surface area contributed by atoms with Crippen LogP contribution in [0.25, 0.3) is 0 Å². The molecule has 0 aromatic carbocycles. The van der Waals surface area contributed by atoms with Gasteiger partial charge in [-0.2, -0.15) is 17.0 Å². The van der Waals surface area contributed by atoms with Gasteiger partial charge >= 0.3 is 0 Å². The van der Waals surface area contributed by atoms with E-state index in [4.69, 9.17) is 0 Å². The highest BCUT2D eigenvalue weighted by Crippen LogP contribution is 2.27. The number of thioether (sulfide) groups is 1. The van der Waals surface area contributed by atoms with Crippen LogP contribution in [0, 0.1) is 24.2 Å². The lowest BCUT2D eigenvalue weighted by Crippen LogP contribution is -2.41. The van der Waals surface area contributed by atoms with Crippen molar-refractivity contribution >= 4 is 23.5 Å². The molecule has 0 N–H and O–H groups in total. The third-order valence-electron chi connectivity index (χ3n) is 4.88. The minimum Gasteiger partial charge on any atom is -0.355 e. The molecule has 0 spiro atoms. The van der Waals surface area contributed by atoms with Crippen molar-refractivity contribution in [2.75, 3.05) is 42.6 Å². The summed E-state index contributed by atoms with van der Waals surface area (Å²) in [6.07, 6.45) is 2.66. The van der Waals surface area contributed by atoms with Crippen molar-refractivity contribution in [2.45, 2.75) is 26.2 Å². The first kappa shape index (κ1) is 17.1. The summed E-state index contributed by atoms with van der Waals surface area (Å²) in [5, 5.41) is 9.29. The normalized spacial score (nSPS) is 19.2. The highest BCUT2D eigenvalue weighted by atomic mass is 32.2. The third kappa shape index (κ3) is 4.02. The first-order valence-corrected chi connectivity index (χ1v) is 9.81. The van der Waals surface area contributed by atoms with Gasteiger partial charge in [-0.15, -0.1) is 0 Å². The number of aryl methyl sites for hydroxylation is 1. The van der Waals surface area contributed by atoms with Crippen LogP contribution < -0.4 is 4.90 Å². The van der Waals surface area contributed by atoms with Gasteiger partial charge in [-0.25, -0.2) is 4.98 Å². The third-order valence-corrected chi connectivity index (χ3v) is 5.82. The summed E-state index contributed by atoms with van der Waals surface area (Å²) >= 11 is 1.93. The number of amides is 1. The fourth-order valence-electron chi connectivity index (χ4n) is 3.41. The smallest absolute Gasteiger partial charge is 0.222 e. The van der Waals surface area contributed by atoms with E-state index in [2.05, 4.69) is 16.0 Å². The molecule has 0 radical (unpaired) electrons. The van der Waals surface area contributed by atoms with Gasteiger partial charge in [-0.3, -0.25) is 4.79 Å². The van der Waals surface area contributed by atoms with E-state index in [1.165, 1.54) is 0 Å². The number of anilines is 1. The van der Waals surface area contributed by atoms with Crippen LogP contribution in [0.1, 0.15) is 30.5 Å². The van der Waals surface area contributed by atoms with E-state index in [0.29, 0.717) is 23.8 Å². The fourth-order valence-corrected chi connectivity index (χ4v) is 4.31. The average molecular weight is 344 g/mol. The first-order valence-electron chi connectivity index (χ1n) is 8.65. The highest BCUT2D eigenvalue weighted by molar-refractivity contribution is 7.99. The van der Waals surface area contributed by atoms with E-state index in [1.807, 2.05) is 35.7 Å². The van der Waals surface area contributed by atoms with Crippen LogP contribution in [0.3, 0.4) is 0 Å². The van der Waals surface area contributed by atoms with E-state index in [1.54, 1.807) is 0 Å². The minimum atomic E-state index is 0.320. The summed E-state index contributed by atoms with van der Waals surface area (Å²) in [6.45, 7) is 5.51. The maximum Gasteiger partial charge on any atom is 0.222 e. The molecule has 0 aliphatic carbocycles. The molecule has 1 amide bonds. The molecule has 2 fully saturated rings. The van der Waals surface area contributed by atoms with E-state index < -0.39 is 0 Å². The maximum atomic E-state index is 12.4. The monoisotopic (exact) mass is 344 g/mol. The predicted molar refractivity (Wildman–Crippen MR) is 97.1 cm³/mol. The van der Waals surface area contributed by atoms with Gasteiger partial charge in [0.05, 0.1) is 5.56 Å². The lowest BCUT2D eigenvalue weighted by molar-refractivity contribution is -0.132. The molecule has 1 aromatic rings. The Hall–Kier alpha value is -1.74. The maximum absolute atomic E-state index is 12.4. The Labute approximate surface area is 148 Å². The van der Waals surface area contributed by atoms with Crippen molar-refractivity contribution in [3.63, 3.8) is 0 Å². The van der Waals surface area contributed by atoms with Crippen LogP contribution in [0.5, 0.6) is 0 Å². The zero-order valence-corrected chi connectivity index (χ0v) is 15.0. The summed E-state index contributed by atoms with van der Waals surface area (Å²) < 4.78 is 0. The zero-order valence-electron chi connectivity index (χ0n) is 14.2. The summed E-state index contributed by atoms with van der Waals surface area (Å²) in [6, 6.07) is 5.97. The molecule has 1 aromatic heterocycles. The molecule has 0 bridgehead atoms. The van der Waals surface area contributed by atoms with E-state index in [0.717, 1.165) is 62.0 Å². The number of carbonyl (C=O) groups is 1. The molecule has 0 unspecified atom stereocenters. The number of nitrogens with zero attached hydrogens (tertiary/aromatic N) is 4. The van der Waals surface area contributed by atoms with Crippen molar-refractivity contribution < 1.29 is 4.79 Å². The van der Waals surface area contributed by atoms with Crippen molar-refractivity contribution in [3.8, 4) is 6.07 Å². The van der Waals surface area contributed by atoms with Gasteiger partial charge in [0.2, 0.25) is 5.91 Å². The van der Waals surface area contributed by atoms with E-state index >= 15 is 0 Å². The Morgan fingerprint density at radius 3 is 2.67 bits per heavy atom. The summed E-state index contributed by atoms with van der Waals surface area (Å²) in [7, 11) is 0. The molecule has 24 heavy (non-hydrogen) atoms. The van der Waals surface area contributed by atoms with Crippen LogP contribution in [0.15, 0.2) is 12.1 Å². The van der Waals surface area contributed by atoms with Gasteiger partial charge < -0.3 is 9.80 Å². The number of hydrogen-bond acceptors (Lipinski definition) is 5. The topological polar surface area (TPSA) is 60.2 Å². The lowest BCUT2D eigenvalue weighted by atomic mass is 9.92. The van der Waals surface area contributed by atoms with Crippen LogP contribution in [-0.4, -0.2) is 53.5 Å². The van der Waals surface area contributed by atoms with Crippen LogP contribution >= 0.6 is 11.8 Å². The Bertz CT molecular complexity index is 628. The van der Waals surface area contributed by atoms with Gasteiger partial charge in [0.1, 0.15) is 11.9 Å². The van der Waals surface area contributed by atoms with Gasteiger partial charge in [0, 0.05) is 49.8 Å². The Morgan fingerprint density at radius 1 is 1.29 bits per heavy atom. The predicted octanol–water partition coefficient (Wildman–Crippen LogP) is 2.44. The molecule has 3 heterocycles. The van der Waals surface area contributed by atoms with E-state index in [-0.39, 0.29) is 0 Å². The number of aromatic nitrogens is 1. The SMILES string of the molecule is Cc1ccc(C#N)c(N2CCC(CC(=O)N3CCSCC3)CC2)n1. The average Bonchev–Trinajstić information content (AvgIpc) is 2.63. The van der Waals surface area contributed by atoms with Crippen LogP contribution in [0.4, 0.5) is 5.82 Å². The standard InChI is InChI=1S/C18H24N4OS/c1-14-2-3-16(13-19)18(20-14)22-6-4-15(5-7-22)12-17(23)21-8-10-24-11-9-21/h2-3,15H,4-12H2,1H3. The van der Waals surface area contributed by atoms with Crippen molar-refractivity contribution in [3.05, 3.63) is 23.4 Å². The number of piperidine rings is 1. The second-order valence-corrected chi connectivity index (χ2v) is 7.79. The molecular weight excluding hydrogens is 320 g/mol. The largest absolute Gasteiger partial charge is 0.355 e. The van der Waals surface area contributed by atoms with E-state index in [9.17, 15) is 10.1 Å². The number of hydrogen-bond donors (Lipinski definition) is 0. The fraction of sp³-hybridized carbons (Fsp3) is 0.611. The minimum absolute atomic E-state index is 0.320. The van der Waals surface area contributed by atoms with Crippen LogP contribution in [0.2, 0.25) is 0 Å². The highest BCUT2D eigenvalue weighted by Gasteiger charge is 2.26. The number of carbonyl (C=O) groups excluding carboxylic acids is 1. The Balaban J connectivity index is 1.55. The number of pyridine rings is 1. The van der Waals surface area contributed by atoms with Gasteiger partial charge in [-0.05, 0) is 37.8 Å². The summed E-state index contributed by atoms with van der Waals surface area (Å²) in [5.41, 5.74) is 1.57. The summed E-state index contributed by atoms with van der Waals surface area (Å²) in [4.78, 5) is 21.2. The lowest BCUT2D eigenvalue weighted by Gasteiger charge is -2.34. The molecular formula is C18H24N4OS. The van der Waals surface area contributed by atoms with Crippen molar-refractivity contribution in [1.29, 1.82) is 5.26 Å². The van der Waals surface area contributed by atoms with Gasteiger partial charge in [0.15, 0.2) is 0 Å². The van der Waals surface area contributed by atoms with Gasteiger partial charge in [0.25, 0.3) is 0 Å². The van der Waals surface area contributed by atoms with Crippen molar-refractivity contribution in [2.24, 2.45) is 5.92 Å². The Kier molecular flexibility index (Phi) is 5.62. The molecule has 6 heteroatoms. The quantitative estimate of drug-likeness (QED) is 0.843. The summed E-state index contributed by atoms with van der Waals surface area (Å²) in [5.74, 6) is 3.72. The van der Waals surface area contributed by atoms with Gasteiger partial charge in [-0.1, -0.05) is 0 Å². The van der Waals surface area contributed by atoms with Crippen molar-refractivity contribution in [1.82, 2.24) is 9.88 Å². The second kappa shape index (κ2) is 7.89. The molecule has 0 saturated carbocycles. The molecule has 2 aliphatic heterocycles. The molecule has 0 atom stereocenters. The molecule has 3 rings (SSSR count). The number of nitriles is 1. The molecule has 5 nitrogen and oxygen atoms in total. The zero-order chi connectivity index (χ0) is 16.9. The Morgan fingerprint density at radius 2 is 2.00 bits per heavy atom. The number of rotatable bonds is 3. The molecule has 2 aliphatic rings. The first-order chi connectivity index (χ1) is 11.7. The van der Waals surface area contributed by atoms with Crippen LogP contribution in [-0.2, 0) is 4.79 Å². The second-order valence-electron chi connectivity index (χ2n) is 6.56. The molecule has 128 valence electrons.